The molecule has 0 aliphatic heterocycles. The summed E-state index contributed by atoms with van der Waals surface area (Å²) in [5.74, 6) is 1.23. The van der Waals surface area contributed by atoms with Crippen LogP contribution in [0.5, 0.6) is 5.75 Å². The van der Waals surface area contributed by atoms with Crippen LogP contribution in [0.25, 0.3) is 0 Å². The van der Waals surface area contributed by atoms with E-state index in [4.69, 9.17) is 27.9 Å². The van der Waals surface area contributed by atoms with Gasteiger partial charge < -0.3 is 10.1 Å². The van der Waals surface area contributed by atoms with Gasteiger partial charge in [0.25, 0.3) is 0 Å². The summed E-state index contributed by atoms with van der Waals surface area (Å²) in [5.41, 5.74) is 3.90. The zero-order valence-electron chi connectivity index (χ0n) is 12.7. The molecule has 1 aliphatic carbocycles. The van der Waals surface area contributed by atoms with Crippen molar-refractivity contribution in [2.24, 2.45) is 0 Å². The van der Waals surface area contributed by atoms with Gasteiger partial charge in [-0.25, -0.2) is 0 Å². The van der Waals surface area contributed by atoms with Gasteiger partial charge in [-0.1, -0.05) is 35.3 Å². The maximum absolute atomic E-state index is 6.21. The first-order valence-corrected chi connectivity index (χ1v) is 8.17. The van der Waals surface area contributed by atoms with Crippen LogP contribution >= 0.6 is 23.2 Å². The second kappa shape index (κ2) is 6.49. The first kappa shape index (κ1) is 15.7. The number of hydrogen-bond acceptors (Lipinski definition) is 2. The average molecular weight is 336 g/mol. The number of fused-ring (bicyclic) bond motifs is 1. The van der Waals surface area contributed by atoms with E-state index >= 15 is 0 Å². The Bertz CT molecular complexity index is 687. The first-order chi connectivity index (χ1) is 10.6. The standard InChI is InChI=1S/C18H19Cl2NO/c1-21-13-7-12-8-14(22-2)4-5-15(12)16(10-13)11-3-6-17(19)18(20)9-11/h3-6,8-9,13,16,21H,7,10H2,1-2H3/t13-,16+/m1/s1. The lowest BCUT2D eigenvalue weighted by atomic mass is 9.76. The minimum atomic E-state index is 0.321. The molecule has 2 aromatic rings. The van der Waals surface area contributed by atoms with Crippen LogP contribution in [0.2, 0.25) is 10.0 Å². The van der Waals surface area contributed by atoms with Crippen molar-refractivity contribution >= 4 is 23.2 Å². The summed E-state index contributed by atoms with van der Waals surface area (Å²) >= 11 is 12.3. The topological polar surface area (TPSA) is 21.3 Å². The summed E-state index contributed by atoms with van der Waals surface area (Å²) in [7, 11) is 3.72. The molecule has 0 fully saturated rings. The molecule has 2 atom stereocenters. The molecular formula is C18H19Cl2NO. The molecule has 0 radical (unpaired) electrons. The number of nitrogens with one attached hydrogen (secondary N) is 1. The van der Waals surface area contributed by atoms with E-state index in [1.165, 1.54) is 16.7 Å². The van der Waals surface area contributed by atoms with Gasteiger partial charge in [-0.15, -0.1) is 0 Å². The van der Waals surface area contributed by atoms with Gasteiger partial charge >= 0.3 is 0 Å². The molecule has 0 heterocycles. The van der Waals surface area contributed by atoms with Crippen LogP contribution in [0.1, 0.15) is 29.0 Å². The highest BCUT2D eigenvalue weighted by molar-refractivity contribution is 6.42. The third-order valence-corrected chi connectivity index (χ3v) is 5.21. The molecule has 22 heavy (non-hydrogen) atoms. The lowest BCUT2D eigenvalue weighted by Crippen LogP contribution is -2.34. The fourth-order valence-corrected chi connectivity index (χ4v) is 3.56. The largest absolute Gasteiger partial charge is 0.497 e. The van der Waals surface area contributed by atoms with Crippen molar-refractivity contribution < 1.29 is 4.74 Å². The van der Waals surface area contributed by atoms with Crippen LogP contribution in [0, 0.1) is 0 Å². The number of likely N-dealkylation sites (N-methyl/N-ethyl adjacent to an activating group) is 1. The molecule has 0 bridgehead atoms. The smallest absolute Gasteiger partial charge is 0.119 e. The van der Waals surface area contributed by atoms with Crippen molar-refractivity contribution in [3.05, 3.63) is 63.1 Å². The molecule has 4 heteroatoms. The Kier molecular flexibility index (Phi) is 4.62. The normalized spacial score (nSPS) is 20.5. The molecule has 0 amide bonds. The van der Waals surface area contributed by atoms with Gasteiger partial charge in [-0.2, -0.15) is 0 Å². The molecule has 0 unspecified atom stereocenters. The van der Waals surface area contributed by atoms with Crippen LogP contribution in [0.15, 0.2) is 36.4 Å². The monoisotopic (exact) mass is 335 g/mol. The van der Waals surface area contributed by atoms with E-state index < -0.39 is 0 Å². The molecule has 0 aromatic heterocycles. The minimum Gasteiger partial charge on any atom is -0.497 e. The van der Waals surface area contributed by atoms with Crippen molar-refractivity contribution in [2.75, 3.05) is 14.2 Å². The van der Waals surface area contributed by atoms with Crippen molar-refractivity contribution in [3.8, 4) is 5.75 Å². The van der Waals surface area contributed by atoms with Gasteiger partial charge in [0.2, 0.25) is 0 Å². The third-order valence-electron chi connectivity index (χ3n) is 4.47. The Hall–Kier alpha value is -1.22. The molecule has 2 nitrogen and oxygen atoms in total. The average Bonchev–Trinajstić information content (AvgIpc) is 2.55. The van der Waals surface area contributed by atoms with Gasteiger partial charge in [-0.05, 0) is 60.8 Å². The van der Waals surface area contributed by atoms with Gasteiger partial charge in [0.05, 0.1) is 17.2 Å². The van der Waals surface area contributed by atoms with E-state index in [1.54, 1.807) is 7.11 Å². The molecule has 1 aliphatic rings. The molecule has 116 valence electrons. The number of rotatable bonds is 3. The summed E-state index contributed by atoms with van der Waals surface area (Å²) in [5, 5.41) is 4.62. The van der Waals surface area contributed by atoms with E-state index in [1.807, 2.05) is 25.2 Å². The van der Waals surface area contributed by atoms with E-state index in [0.717, 1.165) is 18.6 Å². The number of halogens is 2. The van der Waals surface area contributed by atoms with Crippen LogP contribution in [-0.4, -0.2) is 20.2 Å². The van der Waals surface area contributed by atoms with Crippen molar-refractivity contribution in [2.45, 2.75) is 24.8 Å². The van der Waals surface area contributed by atoms with Gasteiger partial charge in [0, 0.05) is 12.0 Å². The lowest BCUT2D eigenvalue weighted by Gasteiger charge is -2.32. The SMILES string of the molecule is CN[C@@H]1Cc2cc(OC)ccc2[C@H](c2ccc(Cl)c(Cl)c2)C1. The second-order valence-corrected chi connectivity index (χ2v) is 6.53. The maximum Gasteiger partial charge on any atom is 0.119 e. The van der Waals surface area contributed by atoms with Crippen LogP contribution in [0.4, 0.5) is 0 Å². The van der Waals surface area contributed by atoms with E-state index in [2.05, 4.69) is 23.5 Å². The maximum atomic E-state index is 6.21. The molecule has 0 saturated heterocycles. The molecule has 1 N–H and O–H groups in total. The number of methoxy groups -OCH3 is 1. The fourth-order valence-electron chi connectivity index (χ4n) is 3.25. The number of ether oxygens (including phenoxy) is 1. The number of hydrogen-bond donors (Lipinski definition) is 1. The Morgan fingerprint density at radius 2 is 1.91 bits per heavy atom. The molecular weight excluding hydrogens is 317 g/mol. The van der Waals surface area contributed by atoms with Crippen LogP contribution in [-0.2, 0) is 6.42 Å². The molecule has 2 aromatic carbocycles. The highest BCUT2D eigenvalue weighted by Gasteiger charge is 2.28. The van der Waals surface area contributed by atoms with Gasteiger partial charge in [0.15, 0.2) is 0 Å². The number of benzene rings is 2. The zero-order valence-corrected chi connectivity index (χ0v) is 14.2. The van der Waals surface area contributed by atoms with E-state index in [0.29, 0.717) is 22.0 Å². The van der Waals surface area contributed by atoms with Gasteiger partial charge in [0.1, 0.15) is 5.75 Å². The Morgan fingerprint density at radius 1 is 1.09 bits per heavy atom. The lowest BCUT2D eigenvalue weighted by molar-refractivity contribution is 0.410. The third kappa shape index (κ3) is 2.96. The summed E-state index contributed by atoms with van der Waals surface area (Å²) in [6, 6.07) is 12.7. The molecule has 3 rings (SSSR count). The fraction of sp³-hybridized carbons (Fsp3) is 0.333. The first-order valence-electron chi connectivity index (χ1n) is 7.41. The second-order valence-electron chi connectivity index (χ2n) is 5.72. The van der Waals surface area contributed by atoms with Gasteiger partial charge in [-0.3, -0.25) is 0 Å². The highest BCUT2D eigenvalue weighted by Crippen LogP contribution is 2.39. The summed E-state index contributed by atoms with van der Waals surface area (Å²) < 4.78 is 5.37. The van der Waals surface area contributed by atoms with E-state index in [9.17, 15) is 0 Å². The molecule has 0 spiro atoms. The Morgan fingerprint density at radius 3 is 2.59 bits per heavy atom. The van der Waals surface area contributed by atoms with Crippen molar-refractivity contribution in [3.63, 3.8) is 0 Å². The Labute approximate surface area is 141 Å². The quantitative estimate of drug-likeness (QED) is 0.880. The summed E-state index contributed by atoms with van der Waals surface area (Å²) in [6.07, 6.45) is 2.06. The van der Waals surface area contributed by atoms with Crippen LogP contribution in [0.3, 0.4) is 0 Å². The van der Waals surface area contributed by atoms with Crippen molar-refractivity contribution in [1.82, 2.24) is 5.32 Å². The minimum absolute atomic E-state index is 0.321. The van der Waals surface area contributed by atoms with Crippen LogP contribution < -0.4 is 10.1 Å². The van der Waals surface area contributed by atoms with E-state index in [-0.39, 0.29) is 0 Å². The zero-order chi connectivity index (χ0) is 15.7. The summed E-state index contributed by atoms with van der Waals surface area (Å²) in [4.78, 5) is 0. The highest BCUT2D eigenvalue weighted by atomic mass is 35.5. The molecule has 0 saturated carbocycles. The van der Waals surface area contributed by atoms with Crippen molar-refractivity contribution in [1.29, 1.82) is 0 Å². The predicted octanol–water partition coefficient (Wildman–Crippen LogP) is 4.67. The summed E-state index contributed by atoms with van der Waals surface area (Å²) in [6.45, 7) is 0. The Balaban J connectivity index is 2.05. The predicted molar refractivity (Wildman–Crippen MR) is 92.5 cm³/mol.